The lowest BCUT2D eigenvalue weighted by molar-refractivity contribution is 0.614. The van der Waals surface area contributed by atoms with Gasteiger partial charge in [-0.05, 0) is 66.3 Å². The molecule has 1 heterocycles. The van der Waals surface area contributed by atoms with Gasteiger partial charge in [0, 0.05) is 0 Å². The van der Waals surface area contributed by atoms with Crippen molar-refractivity contribution in [1.29, 1.82) is 0 Å². The van der Waals surface area contributed by atoms with Gasteiger partial charge in [-0.3, -0.25) is 0 Å². The van der Waals surface area contributed by atoms with Gasteiger partial charge in [0.1, 0.15) is 5.82 Å². The highest BCUT2D eigenvalue weighted by Gasteiger charge is 2.28. The molecule has 3 rings (SSSR count). The van der Waals surface area contributed by atoms with Crippen LogP contribution < -0.4 is 0 Å². The second kappa shape index (κ2) is 3.61. The highest BCUT2D eigenvalue weighted by molar-refractivity contribution is 5.47. The van der Waals surface area contributed by atoms with Crippen LogP contribution in [0.4, 0.5) is 4.39 Å². The molecule has 5 heteroatoms. The molecule has 0 aliphatic heterocycles. The van der Waals surface area contributed by atoms with Gasteiger partial charge in [0.2, 0.25) is 0 Å². The molecule has 0 radical (unpaired) electrons. The Kier molecular flexibility index (Phi) is 2.21. The molecule has 4 nitrogen and oxygen atoms in total. The van der Waals surface area contributed by atoms with E-state index in [2.05, 4.69) is 15.5 Å². The zero-order valence-corrected chi connectivity index (χ0v) is 9.81. The molecule has 1 aromatic heterocycles. The molecule has 1 aliphatic rings. The van der Waals surface area contributed by atoms with Crippen molar-refractivity contribution in [3.8, 4) is 5.69 Å². The van der Waals surface area contributed by atoms with Crippen molar-refractivity contribution >= 4 is 0 Å². The number of benzene rings is 1. The van der Waals surface area contributed by atoms with Gasteiger partial charge in [-0.1, -0.05) is 0 Å². The highest BCUT2D eigenvalue weighted by Crippen LogP contribution is 2.43. The van der Waals surface area contributed by atoms with Crippen LogP contribution in [0.3, 0.4) is 0 Å². The number of hydrogen-bond donors (Lipinski definition) is 0. The Morgan fingerprint density at radius 1 is 1.29 bits per heavy atom. The average Bonchev–Trinajstić information content (AvgIpc) is 3.05. The third kappa shape index (κ3) is 1.71. The maximum atomic E-state index is 13.6. The van der Waals surface area contributed by atoms with Gasteiger partial charge >= 0.3 is 0 Å². The van der Waals surface area contributed by atoms with Crippen molar-refractivity contribution in [3.63, 3.8) is 0 Å². The molecule has 0 spiro atoms. The molecule has 1 saturated carbocycles. The van der Waals surface area contributed by atoms with Crippen LogP contribution in [0, 0.1) is 19.7 Å². The molecule has 0 N–H and O–H groups in total. The fraction of sp³-hybridized carbons (Fsp3) is 0.417. The van der Waals surface area contributed by atoms with E-state index < -0.39 is 0 Å². The van der Waals surface area contributed by atoms with Gasteiger partial charge in [-0.25, -0.2) is 4.39 Å². The van der Waals surface area contributed by atoms with E-state index in [1.807, 2.05) is 13.0 Å². The maximum Gasteiger partial charge on any atom is 0.153 e. The van der Waals surface area contributed by atoms with E-state index in [0.717, 1.165) is 29.9 Å². The summed E-state index contributed by atoms with van der Waals surface area (Å²) in [7, 11) is 0. The van der Waals surface area contributed by atoms with Crippen molar-refractivity contribution in [3.05, 3.63) is 34.9 Å². The van der Waals surface area contributed by atoms with Crippen LogP contribution in [0.15, 0.2) is 12.1 Å². The van der Waals surface area contributed by atoms with Crippen molar-refractivity contribution in [2.24, 2.45) is 0 Å². The molecule has 88 valence electrons. The first-order valence-corrected chi connectivity index (χ1v) is 5.72. The molecule has 1 fully saturated rings. The fourth-order valence-corrected chi connectivity index (χ4v) is 2.04. The van der Waals surface area contributed by atoms with E-state index in [1.165, 1.54) is 0 Å². The zero-order chi connectivity index (χ0) is 12.0. The minimum Gasteiger partial charge on any atom is -0.207 e. The Labute approximate surface area is 98.5 Å². The Morgan fingerprint density at radius 3 is 2.65 bits per heavy atom. The van der Waals surface area contributed by atoms with Crippen LogP contribution in [0.2, 0.25) is 0 Å². The van der Waals surface area contributed by atoms with Crippen molar-refractivity contribution < 1.29 is 4.39 Å². The molecule has 1 aromatic carbocycles. The first-order chi connectivity index (χ1) is 8.16. The molecule has 0 amide bonds. The summed E-state index contributed by atoms with van der Waals surface area (Å²) in [6.07, 6.45) is 2.24. The standard InChI is InChI=1S/C12H13FN4/c1-7-5-12(17-8(2)14-15-16-17)10(6-11(7)13)9-3-4-9/h5-6,9H,3-4H2,1-2H3. The topological polar surface area (TPSA) is 43.6 Å². The third-order valence-corrected chi connectivity index (χ3v) is 3.18. The van der Waals surface area contributed by atoms with Gasteiger partial charge in [-0.2, -0.15) is 4.68 Å². The molecule has 17 heavy (non-hydrogen) atoms. The smallest absolute Gasteiger partial charge is 0.153 e. The number of hydrogen-bond acceptors (Lipinski definition) is 3. The Bertz CT molecular complexity index is 572. The van der Waals surface area contributed by atoms with Crippen molar-refractivity contribution in [1.82, 2.24) is 20.2 Å². The van der Waals surface area contributed by atoms with E-state index in [-0.39, 0.29) is 5.82 Å². The summed E-state index contributed by atoms with van der Waals surface area (Å²) in [6.45, 7) is 3.60. The van der Waals surface area contributed by atoms with Crippen LogP contribution in [0.1, 0.15) is 35.7 Å². The number of aryl methyl sites for hydroxylation is 2. The Balaban J connectivity index is 2.20. The zero-order valence-electron chi connectivity index (χ0n) is 9.81. The highest BCUT2D eigenvalue weighted by atomic mass is 19.1. The lowest BCUT2D eigenvalue weighted by Crippen LogP contribution is -2.05. The van der Waals surface area contributed by atoms with Crippen molar-refractivity contribution in [2.75, 3.05) is 0 Å². The number of tetrazole rings is 1. The van der Waals surface area contributed by atoms with E-state index in [0.29, 0.717) is 11.5 Å². The summed E-state index contributed by atoms with van der Waals surface area (Å²) in [5, 5.41) is 11.5. The van der Waals surface area contributed by atoms with Crippen molar-refractivity contribution in [2.45, 2.75) is 32.6 Å². The van der Waals surface area contributed by atoms with E-state index in [9.17, 15) is 4.39 Å². The minimum atomic E-state index is -0.152. The predicted octanol–water partition coefficient (Wildman–Crippen LogP) is 2.30. The van der Waals surface area contributed by atoms with Gasteiger partial charge in [0.15, 0.2) is 5.82 Å². The largest absolute Gasteiger partial charge is 0.207 e. The molecule has 1 aliphatic carbocycles. The summed E-state index contributed by atoms with van der Waals surface area (Å²) < 4.78 is 15.3. The number of rotatable bonds is 2. The second-order valence-electron chi connectivity index (χ2n) is 4.57. The molecule has 2 aromatic rings. The fourth-order valence-electron chi connectivity index (χ4n) is 2.04. The summed E-state index contributed by atoms with van der Waals surface area (Å²) >= 11 is 0. The lowest BCUT2D eigenvalue weighted by Gasteiger charge is -2.10. The molecule has 0 atom stereocenters. The summed E-state index contributed by atoms with van der Waals surface area (Å²) in [6, 6.07) is 3.45. The predicted molar refractivity (Wildman–Crippen MR) is 60.6 cm³/mol. The second-order valence-corrected chi connectivity index (χ2v) is 4.57. The molecule has 0 saturated heterocycles. The van der Waals surface area contributed by atoms with E-state index >= 15 is 0 Å². The maximum absolute atomic E-state index is 13.6. The van der Waals surface area contributed by atoms with Gasteiger partial charge in [-0.15, -0.1) is 5.10 Å². The number of halogens is 1. The third-order valence-electron chi connectivity index (χ3n) is 3.18. The van der Waals surface area contributed by atoms with Gasteiger partial charge in [0.05, 0.1) is 5.69 Å². The van der Waals surface area contributed by atoms with Crippen LogP contribution in [-0.2, 0) is 0 Å². The summed E-state index contributed by atoms with van der Waals surface area (Å²) in [4.78, 5) is 0. The SMILES string of the molecule is Cc1cc(-n2nnnc2C)c(C2CC2)cc1F. The first-order valence-electron chi connectivity index (χ1n) is 5.72. The summed E-state index contributed by atoms with van der Waals surface area (Å²) in [5.74, 6) is 1.03. The monoisotopic (exact) mass is 232 g/mol. The van der Waals surface area contributed by atoms with Crippen LogP contribution >= 0.6 is 0 Å². The Morgan fingerprint density at radius 2 is 2.06 bits per heavy atom. The summed E-state index contributed by atoms with van der Waals surface area (Å²) in [5.41, 5.74) is 2.55. The number of nitrogens with zero attached hydrogens (tertiary/aromatic N) is 4. The molecule has 0 unspecified atom stereocenters. The quantitative estimate of drug-likeness (QED) is 0.798. The van der Waals surface area contributed by atoms with E-state index in [4.69, 9.17) is 0 Å². The molecular weight excluding hydrogens is 219 g/mol. The lowest BCUT2D eigenvalue weighted by atomic mass is 10.0. The van der Waals surface area contributed by atoms with Gasteiger partial charge < -0.3 is 0 Å². The number of aromatic nitrogens is 4. The minimum absolute atomic E-state index is 0.152. The molecular formula is C12H13FN4. The van der Waals surface area contributed by atoms with Crippen LogP contribution in [0.5, 0.6) is 0 Å². The first kappa shape index (κ1) is 10.4. The normalized spacial score (nSPS) is 15.2. The van der Waals surface area contributed by atoms with Gasteiger partial charge in [0.25, 0.3) is 0 Å². The van der Waals surface area contributed by atoms with E-state index in [1.54, 1.807) is 17.7 Å². The molecule has 0 bridgehead atoms. The van der Waals surface area contributed by atoms with Crippen LogP contribution in [-0.4, -0.2) is 20.2 Å². The average molecular weight is 232 g/mol. The van der Waals surface area contributed by atoms with Crippen LogP contribution in [0.25, 0.3) is 5.69 Å². The Hall–Kier alpha value is -1.78.